The first-order valence-corrected chi connectivity index (χ1v) is 11.2. The van der Waals surface area contributed by atoms with Crippen molar-refractivity contribution in [2.75, 3.05) is 20.8 Å². The predicted molar refractivity (Wildman–Crippen MR) is 130 cm³/mol. The van der Waals surface area contributed by atoms with E-state index in [9.17, 15) is 5.11 Å². The van der Waals surface area contributed by atoms with E-state index in [0.29, 0.717) is 17.9 Å². The number of rotatable bonds is 7. The summed E-state index contributed by atoms with van der Waals surface area (Å²) < 4.78 is 12.7. The fraction of sp³-hybridized carbons (Fsp3) is 0.200. The summed E-state index contributed by atoms with van der Waals surface area (Å²) in [5, 5.41) is 19.3. The Hall–Kier alpha value is -3.58. The highest BCUT2D eigenvalue weighted by atomic mass is 32.1. The Kier molecular flexibility index (Phi) is 6.56. The van der Waals surface area contributed by atoms with Crippen LogP contribution in [0.5, 0.6) is 17.2 Å². The van der Waals surface area contributed by atoms with E-state index < -0.39 is 0 Å². The average Bonchev–Trinajstić information content (AvgIpc) is 3.24. The maximum atomic E-state index is 10.4. The van der Waals surface area contributed by atoms with Crippen molar-refractivity contribution in [1.82, 2.24) is 4.68 Å². The van der Waals surface area contributed by atoms with Gasteiger partial charge in [-0.3, -0.25) is 4.99 Å². The standard InChI is InChI=1S/C25H25N3O3S/c1-4-11-31-22-10-8-20(24(29)14-22)15-27-28-23(16-32-25(28)26-2)19-6-5-18-13-21(30-3)9-7-17(18)12-19/h5-10,12-16,29H,4,11H2,1-3H3. The minimum absolute atomic E-state index is 0.120. The van der Waals surface area contributed by atoms with Crippen LogP contribution in [-0.2, 0) is 0 Å². The van der Waals surface area contributed by atoms with Gasteiger partial charge in [0.25, 0.3) is 0 Å². The molecule has 4 rings (SSSR count). The maximum Gasteiger partial charge on any atom is 0.205 e. The van der Waals surface area contributed by atoms with Gasteiger partial charge in [-0.15, -0.1) is 11.3 Å². The number of benzene rings is 3. The fourth-order valence-electron chi connectivity index (χ4n) is 3.33. The molecule has 0 aliphatic rings. The first-order valence-electron chi connectivity index (χ1n) is 10.3. The van der Waals surface area contributed by atoms with Crippen LogP contribution in [0.25, 0.3) is 22.0 Å². The molecule has 32 heavy (non-hydrogen) atoms. The van der Waals surface area contributed by atoms with Gasteiger partial charge in [0.05, 0.1) is 25.6 Å². The summed E-state index contributed by atoms with van der Waals surface area (Å²) in [6.07, 6.45) is 2.54. The average molecular weight is 448 g/mol. The first kappa shape index (κ1) is 21.6. The molecule has 0 saturated heterocycles. The number of aromatic nitrogens is 1. The fourth-order valence-corrected chi connectivity index (χ4v) is 4.14. The molecule has 1 aromatic heterocycles. The molecule has 0 bridgehead atoms. The number of hydrogen-bond acceptors (Lipinski definition) is 6. The summed E-state index contributed by atoms with van der Waals surface area (Å²) in [6.45, 7) is 2.65. The number of phenols is 1. The monoisotopic (exact) mass is 447 g/mol. The van der Waals surface area contributed by atoms with Crippen LogP contribution >= 0.6 is 11.3 Å². The molecule has 3 aromatic carbocycles. The molecule has 0 fully saturated rings. The Bertz CT molecular complexity index is 1340. The van der Waals surface area contributed by atoms with Crippen LogP contribution in [0.15, 0.2) is 70.1 Å². The molecule has 0 amide bonds. The number of aromatic hydroxyl groups is 1. The van der Waals surface area contributed by atoms with Crippen molar-refractivity contribution in [3.63, 3.8) is 0 Å². The summed E-state index contributed by atoms with van der Waals surface area (Å²) >= 11 is 1.51. The van der Waals surface area contributed by atoms with E-state index in [4.69, 9.17) is 9.47 Å². The van der Waals surface area contributed by atoms with Crippen LogP contribution in [0.3, 0.4) is 0 Å². The van der Waals surface area contributed by atoms with Crippen molar-refractivity contribution in [2.45, 2.75) is 13.3 Å². The molecule has 7 heteroatoms. The molecule has 0 spiro atoms. The van der Waals surface area contributed by atoms with E-state index in [2.05, 4.69) is 28.3 Å². The molecule has 0 aliphatic heterocycles. The normalized spacial score (nSPS) is 12.0. The van der Waals surface area contributed by atoms with Crippen LogP contribution < -0.4 is 14.3 Å². The van der Waals surface area contributed by atoms with Crippen molar-refractivity contribution in [2.24, 2.45) is 10.1 Å². The molecule has 0 radical (unpaired) electrons. The van der Waals surface area contributed by atoms with E-state index in [0.717, 1.165) is 39.0 Å². The van der Waals surface area contributed by atoms with Crippen LogP contribution in [-0.4, -0.2) is 36.8 Å². The number of ether oxygens (including phenoxy) is 2. The highest BCUT2D eigenvalue weighted by Crippen LogP contribution is 2.28. The zero-order chi connectivity index (χ0) is 22.5. The number of phenolic OH excluding ortho intramolecular Hbond substituents is 1. The molecule has 6 nitrogen and oxygen atoms in total. The van der Waals surface area contributed by atoms with Gasteiger partial charge in [-0.1, -0.05) is 25.1 Å². The second-order valence-electron chi connectivity index (χ2n) is 7.18. The lowest BCUT2D eigenvalue weighted by Gasteiger charge is -2.08. The zero-order valence-electron chi connectivity index (χ0n) is 18.3. The van der Waals surface area contributed by atoms with Crippen LogP contribution in [0.1, 0.15) is 18.9 Å². The van der Waals surface area contributed by atoms with E-state index in [1.807, 2.05) is 36.6 Å². The molecule has 164 valence electrons. The quantitative estimate of drug-likeness (QED) is 0.392. The minimum Gasteiger partial charge on any atom is -0.507 e. The van der Waals surface area contributed by atoms with Crippen LogP contribution in [0.4, 0.5) is 0 Å². The highest BCUT2D eigenvalue weighted by Gasteiger charge is 2.09. The Morgan fingerprint density at radius 1 is 1.03 bits per heavy atom. The number of hydrogen-bond donors (Lipinski definition) is 1. The second kappa shape index (κ2) is 9.70. The first-order chi connectivity index (χ1) is 15.6. The Morgan fingerprint density at radius 2 is 1.81 bits per heavy atom. The zero-order valence-corrected chi connectivity index (χ0v) is 19.1. The lowest BCUT2D eigenvalue weighted by atomic mass is 10.1. The Balaban J connectivity index is 1.69. The summed E-state index contributed by atoms with van der Waals surface area (Å²) in [7, 11) is 3.41. The predicted octanol–water partition coefficient (Wildman–Crippen LogP) is 5.29. The highest BCUT2D eigenvalue weighted by molar-refractivity contribution is 7.07. The van der Waals surface area contributed by atoms with Gasteiger partial charge < -0.3 is 14.6 Å². The Labute approximate surface area is 190 Å². The van der Waals surface area contributed by atoms with E-state index >= 15 is 0 Å². The third-order valence-electron chi connectivity index (χ3n) is 5.01. The van der Waals surface area contributed by atoms with E-state index in [1.165, 1.54) is 11.3 Å². The third kappa shape index (κ3) is 4.53. The molecular weight excluding hydrogens is 422 g/mol. The van der Waals surface area contributed by atoms with Gasteiger partial charge >= 0.3 is 0 Å². The number of fused-ring (bicyclic) bond motifs is 1. The second-order valence-corrected chi connectivity index (χ2v) is 8.02. The van der Waals surface area contributed by atoms with Gasteiger partial charge in [-0.25, -0.2) is 4.68 Å². The number of nitrogens with zero attached hydrogens (tertiary/aromatic N) is 3. The molecule has 1 N–H and O–H groups in total. The minimum atomic E-state index is 0.120. The SMILES string of the molecule is CCCOc1ccc(C=Nn2c(-c3ccc4cc(OC)ccc4c3)csc2=NC)c(O)c1. The molecule has 0 aliphatic carbocycles. The molecule has 1 heterocycles. The molecule has 0 atom stereocenters. The van der Waals surface area contributed by atoms with Crippen molar-refractivity contribution < 1.29 is 14.6 Å². The lowest BCUT2D eigenvalue weighted by molar-refractivity contribution is 0.315. The third-order valence-corrected chi connectivity index (χ3v) is 5.91. The van der Waals surface area contributed by atoms with Crippen molar-refractivity contribution in [3.05, 3.63) is 70.3 Å². The topological polar surface area (TPSA) is 68.3 Å². The van der Waals surface area contributed by atoms with Gasteiger partial charge in [0, 0.05) is 29.6 Å². The summed E-state index contributed by atoms with van der Waals surface area (Å²) in [4.78, 5) is 5.11. The summed E-state index contributed by atoms with van der Waals surface area (Å²) in [6, 6.07) is 17.5. The van der Waals surface area contributed by atoms with Crippen LogP contribution in [0, 0.1) is 0 Å². The molecule has 0 saturated carbocycles. The maximum absolute atomic E-state index is 10.4. The van der Waals surface area contributed by atoms with E-state index in [-0.39, 0.29) is 5.75 Å². The largest absolute Gasteiger partial charge is 0.507 e. The van der Waals surface area contributed by atoms with Gasteiger partial charge in [-0.2, -0.15) is 5.10 Å². The summed E-state index contributed by atoms with van der Waals surface area (Å²) in [5.74, 6) is 1.59. The Morgan fingerprint density at radius 3 is 2.56 bits per heavy atom. The molecule has 0 unspecified atom stereocenters. The molecule has 4 aromatic rings. The number of methoxy groups -OCH3 is 1. The lowest BCUT2D eigenvalue weighted by Crippen LogP contribution is -2.11. The van der Waals surface area contributed by atoms with Crippen molar-refractivity contribution in [1.29, 1.82) is 0 Å². The van der Waals surface area contributed by atoms with Gasteiger partial charge in [0.2, 0.25) is 4.80 Å². The van der Waals surface area contributed by atoms with Gasteiger partial charge in [0.1, 0.15) is 17.2 Å². The van der Waals surface area contributed by atoms with Crippen molar-refractivity contribution in [3.8, 4) is 28.5 Å². The van der Waals surface area contributed by atoms with Crippen LogP contribution in [0.2, 0.25) is 0 Å². The van der Waals surface area contributed by atoms with E-state index in [1.54, 1.807) is 37.2 Å². The van der Waals surface area contributed by atoms with Gasteiger partial charge in [-0.05, 0) is 47.5 Å². The summed E-state index contributed by atoms with van der Waals surface area (Å²) in [5.41, 5.74) is 2.55. The molecular formula is C25H25N3O3S. The van der Waals surface area contributed by atoms with Crippen molar-refractivity contribution >= 4 is 28.3 Å². The van der Waals surface area contributed by atoms with Gasteiger partial charge in [0.15, 0.2) is 0 Å². The smallest absolute Gasteiger partial charge is 0.205 e. The number of thiazole rings is 1.